The summed E-state index contributed by atoms with van der Waals surface area (Å²) in [5, 5.41) is 10.2. The van der Waals surface area contributed by atoms with Crippen molar-refractivity contribution in [3.63, 3.8) is 0 Å². The summed E-state index contributed by atoms with van der Waals surface area (Å²) in [4.78, 5) is 24.1. The summed E-state index contributed by atoms with van der Waals surface area (Å²) in [6.45, 7) is 1.79. The molecule has 0 aliphatic rings. The number of aryl methyl sites for hydroxylation is 1. The zero-order valence-corrected chi connectivity index (χ0v) is 18.3. The molecule has 6 heteroatoms. The molecular weight excluding hydrogens is 416 g/mol. The van der Waals surface area contributed by atoms with E-state index in [1.54, 1.807) is 11.8 Å². The van der Waals surface area contributed by atoms with Gasteiger partial charge in [-0.2, -0.15) is 5.26 Å². The monoisotopic (exact) mass is 436 g/mol. The maximum atomic E-state index is 13.3. The lowest BCUT2D eigenvalue weighted by Crippen LogP contribution is -2.27. The summed E-state index contributed by atoms with van der Waals surface area (Å²) < 4.78 is 0. The number of hydrogen-bond donors (Lipinski definition) is 0. The molecule has 4 rings (SSSR count). The van der Waals surface area contributed by atoms with Crippen LogP contribution in [0.4, 0.5) is 11.4 Å². The summed E-state index contributed by atoms with van der Waals surface area (Å²) in [7, 11) is 0. The molecule has 4 aromatic rings. The van der Waals surface area contributed by atoms with Gasteiger partial charge in [0.1, 0.15) is 16.7 Å². The number of para-hydroxylation sites is 2. The average Bonchev–Trinajstić information content (AvgIpc) is 2.84. The molecule has 0 N–H and O–H groups in total. The van der Waals surface area contributed by atoms with Crippen LogP contribution in [0.2, 0.25) is 0 Å². The Kier molecular flexibility index (Phi) is 6.59. The number of nitriles is 1. The van der Waals surface area contributed by atoms with Gasteiger partial charge in [-0.1, -0.05) is 78.5 Å². The van der Waals surface area contributed by atoms with Crippen LogP contribution in [0.15, 0.2) is 96.0 Å². The zero-order valence-electron chi connectivity index (χ0n) is 17.5. The second kappa shape index (κ2) is 9.90. The standard InChI is InChI=1S/C26H20N4OS/c1-19-23(17-27)26(29-25(28-19)20-11-5-2-6-12-20)32-18-24(31)30(21-13-7-3-8-14-21)22-15-9-4-10-16-22/h2-16H,18H2,1H3. The molecule has 0 unspecified atom stereocenters. The Hall–Kier alpha value is -3.95. The molecule has 0 bridgehead atoms. The van der Waals surface area contributed by atoms with Crippen LogP contribution in [-0.2, 0) is 4.79 Å². The summed E-state index contributed by atoms with van der Waals surface area (Å²) in [6.07, 6.45) is 0. The summed E-state index contributed by atoms with van der Waals surface area (Å²) in [6, 6.07) is 30.8. The van der Waals surface area contributed by atoms with Crippen LogP contribution in [-0.4, -0.2) is 21.6 Å². The van der Waals surface area contributed by atoms with E-state index in [-0.39, 0.29) is 11.7 Å². The number of hydrogen-bond acceptors (Lipinski definition) is 5. The molecule has 156 valence electrons. The Morgan fingerprint density at radius 1 is 0.875 bits per heavy atom. The normalized spacial score (nSPS) is 10.4. The largest absolute Gasteiger partial charge is 0.280 e. The van der Waals surface area contributed by atoms with Crippen molar-refractivity contribution in [2.75, 3.05) is 10.7 Å². The third-order valence-corrected chi connectivity index (χ3v) is 5.77. The highest BCUT2D eigenvalue weighted by atomic mass is 32.2. The van der Waals surface area contributed by atoms with E-state index in [4.69, 9.17) is 0 Å². The van der Waals surface area contributed by atoms with E-state index in [9.17, 15) is 10.1 Å². The predicted molar refractivity (Wildman–Crippen MR) is 128 cm³/mol. The topological polar surface area (TPSA) is 69.9 Å². The Balaban J connectivity index is 1.64. The van der Waals surface area contributed by atoms with Crippen molar-refractivity contribution in [1.29, 1.82) is 5.26 Å². The number of amides is 1. The second-order valence-corrected chi connectivity index (χ2v) is 7.94. The first-order valence-corrected chi connectivity index (χ1v) is 11.1. The van der Waals surface area contributed by atoms with Gasteiger partial charge in [0, 0.05) is 16.9 Å². The average molecular weight is 437 g/mol. The van der Waals surface area contributed by atoms with Gasteiger partial charge in [0.25, 0.3) is 0 Å². The van der Waals surface area contributed by atoms with E-state index >= 15 is 0 Å². The van der Waals surface area contributed by atoms with Crippen LogP contribution in [0.25, 0.3) is 11.4 Å². The van der Waals surface area contributed by atoms with Gasteiger partial charge in [0.05, 0.1) is 11.4 Å². The SMILES string of the molecule is Cc1nc(-c2ccccc2)nc(SCC(=O)N(c2ccccc2)c2ccccc2)c1C#N. The minimum Gasteiger partial charge on any atom is -0.280 e. The number of nitrogens with zero attached hydrogens (tertiary/aromatic N) is 4. The van der Waals surface area contributed by atoms with Crippen LogP contribution in [0.5, 0.6) is 0 Å². The van der Waals surface area contributed by atoms with Crippen LogP contribution < -0.4 is 4.90 Å². The van der Waals surface area contributed by atoms with Crippen LogP contribution in [0.3, 0.4) is 0 Å². The van der Waals surface area contributed by atoms with Crippen molar-refractivity contribution in [2.45, 2.75) is 11.9 Å². The summed E-state index contributed by atoms with van der Waals surface area (Å²) >= 11 is 1.26. The van der Waals surface area contributed by atoms with E-state index < -0.39 is 0 Å². The van der Waals surface area contributed by atoms with Crippen molar-refractivity contribution >= 4 is 29.0 Å². The van der Waals surface area contributed by atoms with Gasteiger partial charge in [0.2, 0.25) is 5.91 Å². The lowest BCUT2D eigenvalue weighted by atomic mass is 10.2. The second-order valence-electron chi connectivity index (χ2n) is 6.98. The first-order valence-electron chi connectivity index (χ1n) is 10.1. The Bertz CT molecular complexity index is 1220. The van der Waals surface area contributed by atoms with E-state index in [1.807, 2.05) is 91.0 Å². The van der Waals surface area contributed by atoms with Gasteiger partial charge in [-0.25, -0.2) is 9.97 Å². The third-order valence-electron chi connectivity index (χ3n) is 4.81. The van der Waals surface area contributed by atoms with Gasteiger partial charge in [-0.15, -0.1) is 0 Å². The maximum Gasteiger partial charge on any atom is 0.241 e. The van der Waals surface area contributed by atoms with E-state index in [2.05, 4.69) is 16.0 Å². The minimum atomic E-state index is -0.103. The number of aromatic nitrogens is 2. The predicted octanol–water partition coefficient (Wildman–Crippen LogP) is 5.78. The molecule has 0 atom stereocenters. The quantitative estimate of drug-likeness (QED) is 0.283. The van der Waals surface area contributed by atoms with Crippen molar-refractivity contribution in [3.05, 3.63) is 102 Å². The van der Waals surface area contributed by atoms with Gasteiger partial charge in [0.15, 0.2) is 5.82 Å². The van der Waals surface area contributed by atoms with Crippen LogP contribution >= 0.6 is 11.8 Å². The number of benzene rings is 3. The number of thioether (sulfide) groups is 1. The molecule has 0 aliphatic heterocycles. The van der Waals surface area contributed by atoms with Crippen molar-refractivity contribution in [2.24, 2.45) is 0 Å². The third kappa shape index (κ3) is 4.69. The Morgan fingerprint density at radius 2 is 1.41 bits per heavy atom. The molecule has 0 radical (unpaired) electrons. The smallest absolute Gasteiger partial charge is 0.241 e. The molecule has 1 amide bonds. The first kappa shape index (κ1) is 21.3. The molecule has 0 spiro atoms. The van der Waals surface area contributed by atoms with Gasteiger partial charge in [-0.3, -0.25) is 9.69 Å². The molecule has 5 nitrogen and oxygen atoms in total. The molecular formula is C26H20N4OS. The molecule has 32 heavy (non-hydrogen) atoms. The Labute approximate surface area is 191 Å². The van der Waals surface area contributed by atoms with Gasteiger partial charge < -0.3 is 0 Å². The molecule has 1 aromatic heterocycles. The van der Waals surface area contributed by atoms with E-state index in [0.29, 0.717) is 22.1 Å². The number of rotatable bonds is 6. The van der Waals surface area contributed by atoms with E-state index in [1.165, 1.54) is 11.8 Å². The van der Waals surface area contributed by atoms with Crippen molar-refractivity contribution < 1.29 is 4.79 Å². The highest BCUT2D eigenvalue weighted by molar-refractivity contribution is 8.00. The van der Waals surface area contributed by atoms with Gasteiger partial charge >= 0.3 is 0 Å². The first-order chi connectivity index (χ1) is 15.7. The highest BCUT2D eigenvalue weighted by Crippen LogP contribution is 2.29. The number of carbonyl (C=O) groups excluding carboxylic acids is 1. The fraction of sp³-hybridized carbons (Fsp3) is 0.0769. The molecule has 1 heterocycles. The van der Waals surface area contributed by atoms with Gasteiger partial charge in [-0.05, 0) is 31.2 Å². The number of anilines is 2. The van der Waals surface area contributed by atoms with Crippen molar-refractivity contribution in [1.82, 2.24) is 9.97 Å². The maximum absolute atomic E-state index is 13.3. The fourth-order valence-corrected chi connectivity index (χ4v) is 4.16. The van der Waals surface area contributed by atoms with Crippen LogP contribution in [0, 0.1) is 18.3 Å². The molecule has 0 aliphatic carbocycles. The molecule has 0 fully saturated rings. The van der Waals surface area contributed by atoms with E-state index in [0.717, 1.165) is 16.9 Å². The molecule has 3 aromatic carbocycles. The van der Waals surface area contributed by atoms with Crippen LogP contribution in [0.1, 0.15) is 11.3 Å². The summed E-state index contributed by atoms with van der Waals surface area (Å²) in [5.41, 5.74) is 3.43. The zero-order chi connectivity index (χ0) is 22.3. The lowest BCUT2D eigenvalue weighted by Gasteiger charge is -2.23. The van der Waals surface area contributed by atoms with Crippen molar-refractivity contribution in [3.8, 4) is 17.5 Å². The summed E-state index contributed by atoms with van der Waals surface area (Å²) in [5.74, 6) is 0.567. The minimum absolute atomic E-state index is 0.103. The number of carbonyl (C=O) groups is 1. The molecule has 0 saturated heterocycles. The lowest BCUT2D eigenvalue weighted by molar-refractivity contribution is -0.115. The molecule has 0 saturated carbocycles. The fourth-order valence-electron chi connectivity index (χ4n) is 3.28. The Morgan fingerprint density at radius 3 is 1.94 bits per heavy atom. The highest BCUT2D eigenvalue weighted by Gasteiger charge is 2.20.